The summed E-state index contributed by atoms with van der Waals surface area (Å²) in [6.07, 6.45) is 8.92. The number of hydrogen-bond acceptors (Lipinski definition) is 3. The second kappa shape index (κ2) is 13.4. The number of rotatable bonds is 12. The van der Waals surface area contributed by atoms with E-state index < -0.39 is 16.1 Å². The van der Waals surface area contributed by atoms with Crippen LogP contribution < -0.4 is 0 Å². The Morgan fingerprint density at radius 1 is 1.00 bits per heavy atom. The standard InChI is InChI=1S/C17H28O4S.Na.H/c1-2-3-4-5-6-7-11-14-17(21-15-22(18,19)20)16-12-9-8-10-13-16;;/h8-10,12-13,17H,2-7,11,14-15H2,1H3,(H,18,19,20);;. The predicted molar refractivity (Wildman–Crippen MR) is 96.4 cm³/mol. The first-order chi connectivity index (χ1) is 10.5. The van der Waals surface area contributed by atoms with Crippen LogP contribution in [0, 0.1) is 0 Å². The molecule has 1 rings (SSSR count). The van der Waals surface area contributed by atoms with Crippen molar-refractivity contribution in [3.8, 4) is 0 Å². The van der Waals surface area contributed by atoms with Crippen molar-refractivity contribution < 1.29 is 17.7 Å². The summed E-state index contributed by atoms with van der Waals surface area (Å²) < 4.78 is 36.0. The molecule has 0 saturated carbocycles. The van der Waals surface area contributed by atoms with Crippen molar-refractivity contribution >= 4 is 39.7 Å². The van der Waals surface area contributed by atoms with Crippen molar-refractivity contribution in [2.45, 2.75) is 64.4 Å². The zero-order chi connectivity index (χ0) is 16.3. The fraction of sp³-hybridized carbons (Fsp3) is 0.647. The molecule has 0 fully saturated rings. The van der Waals surface area contributed by atoms with E-state index in [1.165, 1.54) is 32.1 Å². The van der Waals surface area contributed by atoms with Crippen LogP contribution in [0.2, 0.25) is 0 Å². The summed E-state index contributed by atoms with van der Waals surface area (Å²) in [4.78, 5) is 0. The van der Waals surface area contributed by atoms with E-state index in [9.17, 15) is 8.42 Å². The second-order valence-electron chi connectivity index (χ2n) is 5.68. The Morgan fingerprint density at radius 3 is 2.13 bits per heavy atom. The zero-order valence-electron chi connectivity index (χ0n) is 13.4. The second-order valence-corrected chi connectivity index (χ2v) is 7.08. The van der Waals surface area contributed by atoms with Crippen LogP contribution in [-0.4, -0.2) is 48.5 Å². The van der Waals surface area contributed by atoms with Crippen molar-refractivity contribution in [3.05, 3.63) is 35.9 Å². The van der Waals surface area contributed by atoms with Gasteiger partial charge < -0.3 is 4.74 Å². The number of benzene rings is 1. The monoisotopic (exact) mass is 352 g/mol. The molecule has 0 heterocycles. The van der Waals surface area contributed by atoms with Gasteiger partial charge in [0.2, 0.25) is 0 Å². The van der Waals surface area contributed by atoms with Crippen molar-refractivity contribution in [1.29, 1.82) is 0 Å². The predicted octanol–water partition coefficient (Wildman–Crippen LogP) is 4.08. The molecule has 23 heavy (non-hydrogen) atoms. The summed E-state index contributed by atoms with van der Waals surface area (Å²) in [6.45, 7) is 2.21. The van der Waals surface area contributed by atoms with Crippen LogP contribution >= 0.6 is 0 Å². The normalized spacial score (nSPS) is 12.6. The molecule has 0 aromatic heterocycles. The average Bonchev–Trinajstić information content (AvgIpc) is 2.49. The van der Waals surface area contributed by atoms with E-state index in [0.717, 1.165) is 24.8 Å². The van der Waals surface area contributed by atoms with Gasteiger partial charge in [0.05, 0.1) is 6.10 Å². The van der Waals surface area contributed by atoms with Gasteiger partial charge in [0.25, 0.3) is 10.1 Å². The Morgan fingerprint density at radius 2 is 1.57 bits per heavy atom. The summed E-state index contributed by atoms with van der Waals surface area (Å²) in [5, 5.41) is 0. The third-order valence-corrected chi connectivity index (χ3v) is 4.09. The van der Waals surface area contributed by atoms with Gasteiger partial charge >= 0.3 is 29.6 Å². The van der Waals surface area contributed by atoms with E-state index in [2.05, 4.69) is 6.92 Å². The molecule has 1 aromatic carbocycles. The van der Waals surface area contributed by atoms with Gasteiger partial charge in [-0.15, -0.1) is 0 Å². The molecule has 0 saturated heterocycles. The first-order valence-electron chi connectivity index (χ1n) is 8.14. The van der Waals surface area contributed by atoms with E-state index >= 15 is 0 Å². The van der Waals surface area contributed by atoms with E-state index in [4.69, 9.17) is 9.29 Å². The summed E-state index contributed by atoms with van der Waals surface area (Å²) in [7, 11) is -4.09. The van der Waals surface area contributed by atoms with Crippen LogP contribution in [0.15, 0.2) is 30.3 Å². The van der Waals surface area contributed by atoms with Crippen LogP contribution in [0.5, 0.6) is 0 Å². The Bertz CT molecular complexity index is 491. The first kappa shape index (κ1) is 23.1. The number of ether oxygens (including phenoxy) is 1. The fourth-order valence-electron chi connectivity index (χ4n) is 2.47. The first-order valence-corrected chi connectivity index (χ1v) is 9.75. The van der Waals surface area contributed by atoms with E-state index in [-0.39, 0.29) is 35.7 Å². The van der Waals surface area contributed by atoms with Crippen LogP contribution in [0.1, 0.15) is 70.0 Å². The van der Waals surface area contributed by atoms with Gasteiger partial charge in [0, 0.05) is 0 Å². The van der Waals surface area contributed by atoms with Crippen molar-refractivity contribution in [1.82, 2.24) is 0 Å². The molecule has 1 atom stereocenters. The molecule has 0 aliphatic rings. The molecule has 0 amide bonds. The molecule has 0 spiro atoms. The summed E-state index contributed by atoms with van der Waals surface area (Å²) >= 11 is 0. The fourth-order valence-corrected chi connectivity index (χ4v) is 2.81. The maximum absolute atomic E-state index is 10.9. The van der Waals surface area contributed by atoms with E-state index in [1.807, 2.05) is 30.3 Å². The third-order valence-electron chi connectivity index (χ3n) is 3.66. The quantitative estimate of drug-likeness (QED) is 0.350. The third kappa shape index (κ3) is 12.1. The molecule has 0 radical (unpaired) electrons. The minimum absolute atomic E-state index is 0. The van der Waals surface area contributed by atoms with Crippen LogP contribution in [0.25, 0.3) is 0 Å². The zero-order valence-corrected chi connectivity index (χ0v) is 14.2. The minimum atomic E-state index is -4.09. The van der Waals surface area contributed by atoms with E-state index in [1.54, 1.807) is 0 Å². The molecule has 4 nitrogen and oxygen atoms in total. The van der Waals surface area contributed by atoms with Gasteiger partial charge in [-0.25, -0.2) is 0 Å². The van der Waals surface area contributed by atoms with E-state index in [0.29, 0.717) is 0 Å². The van der Waals surface area contributed by atoms with Gasteiger partial charge in [-0.1, -0.05) is 82.2 Å². The molecule has 1 N–H and O–H groups in total. The molecule has 6 heteroatoms. The Hall–Kier alpha value is 0.0900. The van der Waals surface area contributed by atoms with Crippen LogP contribution in [-0.2, 0) is 14.9 Å². The molecule has 0 aliphatic heterocycles. The van der Waals surface area contributed by atoms with Crippen molar-refractivity contribution in [2.24, 2.45) is 0 Å². The molecule has 1 aromatic rings. The SMILES string of the molecule is CCCCCCCCCC(OCS(=O)(=O)O)c1ccccc1.[NaH]. The van der Waals surface area contributed by atoms with Gasteiger partial charge in [0.1, 0.15) is 0 Å². The van der Waals surface area contributed by atoms with Crippen molar-refractivity contribution in [3.63, 3.8) is 0 Å². The summed E-state index contributed by atoms with van der Waals surface area (Å²) in [5.41, 5.74) is 0.956. The van der Waals surface area contributed by atoms with Crippen LogP contribution in [0.4, 0.5) is 0 Å². The van der Waals surface area contributed by atoms with Gasteiger partial charge in [-0.05, 0) is 12.0 Å². The maximum atomic E-state index is 10.9. The molecule has 1 unspecified atom stereocenters. The molecule has 128 valence electrons. The molecular formula is C17H29NaO4S. The Labute approximate surface area is 163 Å². The van der Waals surface area contributed by atoms with Gasteiger partial charge in [-0.3, -0.25) is 4.55 Å². The molecule has 0 aliphatic carbocycles. The topological polar surface area (TPSA) is 63.6 Å². The number of unbranched alkanes of at least 4 members (excludes halogenated alkanes) is 6. The molecule has 0 bridgehead atoms. The van der Waals surface area contributed by atoms with Crippen molar-refractivity contribution in [2.75, 3.05) is 5.94 Å². The van der Waals surface area contributed by atoms with Gasteiger partial charge in [-0.2, -0.15) is 8.42 Å². The summed E-state index contributed by atoms with van der Waals surface area (Å²) in [6, 6.07) is 9.58. The van der Waals surface area contributed by atoms with Gasteiger partial charge in [0.15, 0.2) is 5.94 Å². The Kier molecular flexibility index (Phi) is 13.4. The molecular weight excluding hydrogens is 323 g/mol. The summed E-state index contributed by atoms with van der Waals surface area (Å²) in [5.74, 6) is -0.650. The average molecular weight is 352 g/mol. The van der Waals surface area contributed by atoms with Crippen LogP contribution in [0.3, 0.4) is 0 Å². The number of hydrogen-bond donors (Lipinski definition) is 1. The Balaban J connectivity index is 0.00000484.